The molecule has 3 atom stereocenters. The molecule has 0 aliphatic carbocycles. The number of hydrogen-bond acceptors (Lipinski definition) is 3. The van der Waals surface area contributed by atoms with Crippen molar-refractivity contribution in [1.29, 1.82) is 0 Å². The normalized spacial score (nSPS) is 17.8. The van der Waals surface area contributed by atoms with Crippen molar-refractivity contribution in [2.45, 2.75) is 26.0 Å². The average Bonchev–Trinajstić information content (AvgIpc) is 1.84. The summed E-state index contributed by atoms with van der Waals surface area (Å²) in [5.41, 5.74) is 5.20. The van der Waals surface area contributed by atoms with Crippen LogP contribution < -0.4 is 5.73 Å². The van der Waals surface area contributed by atoms with Crippen LogP contribution in [0.3, 0.4) is 0 Å². The van der Waals surface area contributed by atoms with Crippen LogP contribution in [-0.4, -0.2) is 28.3 Å². The summed E-state index contributed by atoms with van der Waals surface area (Å²) in [4.78, 5) is 10.2. The van der Waals surface area contributed by atoms with Gasteiger partial charge in [0.15, 0.2) is 0 Å². The van der Waals surface area contributed by atoms with Gasteiger partial charge >= 0.3 is 5.97 Å². The molecule has 11 heavy (non-hydrogen) atoms. The second-order valence-corrected chi connectivity index (χ2v) is 2.46. The van der Waals surface area contributed by atoms with Gasteiger partial charge in [0.25, 0.3) is 0 Å². The van der Waals surface area contributed by atoms with Crippen molar-refractivity contribution >= 4 is 18.4 Å². The molecule has 0 saturated heterocycles. The number of aliphatic hydroxyl groups excluding tert-OH is 1. The van der Waals surface area contributed by atoms with Crippen LogP contribution in [0.1, 0.15) is 13.8 Å². The number of carbonyl (C=O) groups is 1. The number of carboxylic acids is 1. The molecule has 5 heteroatoms. The molecule has 0 fully saturated rings. The van der Waals surface area contributed by atoms with Gasteiger partial charge in [-0.3, -0.25) is 4.79 Å². The maximum Gasteiger partial charge on any atom is 0.320 e. The lowest BCUT2D eigenvalue weighted by atomic mass is 9.98. The second kappa shape index (κ2) is 5.35. The van der Waals surface area contributed by atoms with Crippen LogP contribution >= 0.6 is 12.4 Å². The zero-order valence-corrected chi connectivity index (χ0v) is 7.34. The van der Waals surface area contributed by atoms with E-state index in [1.54, 1.807) is 6.92 Å². The SMILES string of the molecule is CC(O)[C@H](C)[C@H](N)C(=O)O.Cl. The Morgan fingerprint density at radius 3 is 1.91 bits per heavy atom. The van der Waals surface area contributed by atoms with Crippen molar-refractivity contribution in [1.82, 2.24) is 0 Å². The number of hydrogen-bond donors (Lipinski definition) is 3. The Labute approximate surface area is 71.8 Å². The Kier molecular flexibility index (Phi) is 6.46. The van der Waals surface area contributed by atoms with Gasteiger partial charge in [-0.15, -0.1) is 12.4 Å². The summed E-state index contributed by atoms with van der Waals surface area (Å²) >= 11 is 0. The van der Waals surface area contributed by atoms with E-state index in [0.29, 0.717) is 0 Å². The van der Waals surface area contributed by atoms with E-state index in [1.807, 2.05) is 0 Å². The molecule has 0 aliphatic rings. The smallest absolute Gasteiger partial charge is 0.320 e. The van der Waals surface area contributed by atoms with Crippen LogP contribution in [-0.2, 0) is 4.79 Å². The van der Waals surface area contributed by atoms with Crippen LogP contribution in [0.25, 0.3) is 0 Å². The first-order valence-electron chi connectivity index (χ1n) is 3.13. The van der Waals surface area contributed by atoms with Crippen molar-refractivity contribution in [3.05, 3.63) is 0 Å². The van der Waals surface area contributed by atoms with E-state index in [9.17, 15) is 4.79 Å². The van der Waals surface area contributed by atoms with Gasteiger partial charge in [-0.1, -0.05) is 6.92 Å². The summed E-state index contributed by atoms with van der Waals surface area (Å²) in [6.45, 7) is 3.12. The first-order valence-corrected chi connectivity index (χ1v) is 3.13. The molecule has 0 spiro atoms. The molecule has 0 aromatic rings. The van der Waals surface area contributed by atoms with Crippen molar-refractivity contribution in [2.24, 2.45) is 11.7 Å². The van der Waals surface area contributed by atoms with Crippen LogP contribution in [0, 0.1) is 5.92 Å². The fourth-order valence-corrected chi connectivity index (χ4v) is 0.525. The van der Waals surface area contributed by atoms with Crippen LogP contribution in [0.15, 0.2) is 0 Å². The molecule has 0 heterocycles. The maximum atomic E-state index is 10.2. The summed E-state index contributed by atoms with van der Waals surface area (Å²) in [6.07, 6.45) is -0.675. The molecular formula is C6H14ClNO3. The predicted octanol–water partition coefficient (Wildman–Crippen LogP) is -0.163. The molecule has 4 N–H and O–H groups in total. The minimum Gasteiger partial charge on any atom is -0.480 e. The molecule has 1 unspecified atom stereocenters. The number of carboxylic acid groups (broad SMARTS) is 1. The van der Waals surface area contributed by atoms with Crippen LogP contribution in [0.5, 0.6) is 0 Å². The highest BCUT2D eigenvalue weighted by Gasteiger charge is 2.23. The van der Waals surface area contributed by atoms with E-state index in [4.69, 9.17) is 15.9 Å². The average molecular weight is 184 g/mol. The van der Waals surface area contributed by atoms with Crippen molar-refractivity contribution in [3.63, 3.8) is 0 Å². The second-order valence-electron chi connectivity index (χ2n) is 2.46. The molecule has 0 amide bonds. The minimum atomic E-state index is -1.08. The van der Waals surface area contributed by atoms with E-state index in [2.05, 4.69) is 0 Å². The standard InChI is InChI=1S/C6H13NO3.ClH/c1-3(4(2)8)5(7)6(9)10;/h3-5,8H,7H2,1-2H3,(H,9,10);1H/t3-,4?,5-;/m0./s1. The van der Waals surface area contributed by atoms with Gasteiger partial charge in [-0.2, -0.15) is 0 Å². The molecular weight excluding hydrogens is 170 g/mol. The Bertz CT molecular complexity index is 129. The van der Waals surface area contributed by atoms with Gasteiger partial charge < -0.3 is 15.9 Å². The molecule has 0 saturated carbocycles. The fourth-order valence-electron chi connectivity index (χ4n) is 0.525. The molecule has 0 rings (SSSR count). The van der Waals surface area contributed by atoms with Crippen molar-refractivity contribution in [3.8, 4) is 0 Å². The Morgan fingerprint density at radius 2 is 1.82 bits per heavy atom. The Balaban J connectivity index is 0. The van der Waals surface area contributed by atoms with Crippen molar-refractivity contribution in [2.75, 3.05) is 0 Å². The van der Waals surface area contributed by atoms with Crippen LogP contribution in [0.4, 0.5) is 0 Å². The van der Waals surface area contributed by atoms with Gasteiger partial charge in [0.2, 0.25) is 0 Å². The lowest BCUT2D eigenvalue weighted by molar-refractivity contribution is -0.140. The topological polar surface area (TPSA) is 83.5 Å². The lowest BCUT2D eigenvalue weighted by Gasteiger charge is -2.17. The minimum absolute atomic E-state index is 0. The van der Waals surface area contributed by atoms with Gasteiger partial charge in [-0.25, -0.2) is 0 Å². The van der Waals surface area contributed by atoms with Crippen molar-refractivity contribution < 1.29 is 15.0 Å². The van der Waals surface area contributed by atoms with Gasteiger partial charge in [0.1, 0.15) is 6.04 Å². The third-order valence-electron chi connectivity index (χ3n) is 1.61. The highest BCUT2D eigenvalue weighted by Crippen LogP contribution is 2.05. The zero-order valence-electron chi connectivity index (χ0n) is 6.52. The molecule has 0 radical (unpaired) electrons. The summed E-state index contributed by atoms with van der Waals surface area (Å²) in [5, 5.41) is 17.3. The van der Waals surface area contributed by atoms with Crippen LogP contribution in [0.2, 0.25) is 0 Å². The largest absolute Gasteiger partial charge is 0.480 e. The summed E-state index contributed by atoms with van der Waals surface area (Å²) < 4.78 is 0. The molecule has 0 aliphatic heterocycles. The maximum absolute atomic E-state index is 10.2. The highest BCUT2D eigenvalue weighted by molar-refractivity contribution is 5.85. The number of halogens is 1. The van der Waals surface area contributed by atoms with E-state index >= 15 is 0 Å². The number of nitrogens with two attached hydrogens (primary N) is 1. The summed E-state index contributed by atoms with van der Waals surface area (Å²) in [6, 6.07) is -0.972. The summed E-state index contributed by atoms with van der Waals surface area (Å²) in [7, 11) is 0. The molecule has 4 nitrogen and oxygen atoms in total. The first kappa shape index (κ1) is 13.3. The highest BCUT2D eigenvalue weighted by atomic mass is 35.5. The molecule has 68 valence electrons. The number of rotatable bonds is 3. The molecule has 0 bridgehead atoms. The monoisotopic (exact) mass is 183 g/mol. The van der Waals surface area contributed by atoms with E-state index in [-0.39, 0.29) is 12.4 Å². The number of aliphatic carboxylic acids is 1. The molecule has 0 aromatic heterocycles. The third kappa shape index (κ3) is 4.19. The fraction of sp³-hybridized carbons (Fsp3) is 0.833. The van der Waals surface area contributed by atoms with E-state index in [0.717, 1.165) is 0 Å². The van der Waals surface area contributed by atoms with E-state index < -0.39 is 24.0 Å². The quantitative estimate of drug-likeness (QED) is 0.568. The molecule has 0 aromatic carbocycles. The summed E-state index contributed by atoms with van der Waals surface area (Å²) in [5.74, 6) is -1.48. The predicted molar refractivity (Wildman–Crippen MR) is 43.7 cm³/mol. The third-order valence-corrected chi connectivity index (χ3v) is 1.61. The van der Waals surface area contributed by atoms with Gasteiger partial charge in [-0.05, 0) is 6.92 Å². The van der Waals surface area contributed by atoms with Gasteiger partial charge in [0, 0.05) is 5.92 Å². The Hall–Kier alpha value is -0.320. The first-order chi connectivity index (χ1) is 4.46. The Morgan fingerprint density at radius 1 is 1.45 bits per heavy atom. The zero-order chi connectivity index (χ0) is 8.31. The number of aliphatic hydroxyl groups is 1. The van der Waals surface area contributed by atoms with E-state index in [1.165, 1.54) is 6.92 Å². The van der Waals surface area contributed by atoms with Gasteiger partial charge in [0.05, 0.1) is 6.10 Å². The lowest BCUT2D eigenvalue weighted by Crippen LogP contribution is -2.41.